The number of hydrogen-bond donors (Lipinski definition) is 1. The lowest BCUT2D eigenvalue weighted by molar-refractivity contribution is -0.122. The van der Waals surface area contributed by atoms with E-state index in [1.807, 2.05) is 48.8 Å². The molecule has 0 saturated carbocycles. The van der Waals surface area contributed by atoms with Gasteiger partial charge in [-0.3, -0.25) is 14.7 Å². The number of likely N-dealkylation sites (tertiary alicyclic amines) is 1. The predicted octanol–water partition coefficient (Wildman–Crippen LogP) is 3.96. The predicted molar refractivity (Wildman–Crippen MR) is 126 cm³/mol. The Hall–Kier alpha value is -3.26. The number of hydrogen-bond acceptors (Lipinski definition) is 7. The summed E-state index contributed by atoms with van der Waals surface area (Å²) in [5, 5.41) is 11.1. The Balaban J connectivity index is 0.000000821. The van der Waals surface area contributed by atoms with E-state index in [2.05, 4.69) is 31.0 Å². The highest BCUT2D eigenvalue weighted by Crippen LogP contribution is 2.34. The summed E-state index contributed by atoms with van der Waals surface area (Å²) in [5.74, 6) is 3.01. The van der Waals surface area contributed by atoms with Crippen LogP contribution in [0.15, 0.2) is 59.4 Å². The van der Waals surface area contributed by atoms with Crippen molar-refractivity contribution in [2.24, 2.45) is 11.8 Å². The smallest absolute Gasteiger partial charge is 0.290 e. The van der Waals surface area contributed by atoms with Crippen LogP contribution in [0.1, 0.15) is 31.2 Å². The second kappa shape index (κ2) is 11.6. The second-order valence-electron chi connectivity index (χ2n) is 8.67. The van der Waals surface area contributed by atoms with E-state index >= 15 is 0 Å². The van der Waals surface area contributed by atoms with Crippen LogP contribution in [0.2, 0.25) is 0 Å². The van der Waals surface area contributed by atoms with Crippen molar-refractivity contribution in [3.8, 4) is 11.5 Å². The van der Waals surface area contributed by atoms with Gasteiger partial charge in [-0.1, -0.05) is 24.3 Å². The molecule has 0 radical (unpaired) electrons. The highest BCUT2D eigenvalue weighted by molar-refractivity contribution is 5.54. The maximum atomic E-state index is 8.36. The Morgan fingerprint density at radius 3 is 2.27 bits per heavy atom. The van der Waals surface area contributed by atoms with Crippen LogP contribution in [0.5, 0.6) is 0 Å². The van der Waals surface area contributed by atoms with Crippen molar-refractivity contribution in [3.05, 3.63) is 60.4 Å². The SMILES string of the molecule is O=CO.c1ccc(-c2nc(N3CCC(C4CCN(Cc5cccnc5)CC4)CC3)no2)cc1. The minimum atomic E-state index is -0.250. The van der Waals surface area contributed by atoms with E-state index in [1.165, 1.54) is 44.3 Å². The number of rotatable bonds is 5. The number of piperidine rings is 2. The first kappa shape index (κ1) is 22.9. The minimum absolute atomic E-state index is 0.250. The van der Waals surface area contributed by atoms with Crippen molar-refractivity contribution in [2.75, 3.05) is 31.1 Å². The molecule has 0 spiro atoms. The molecule has 3 aromatic rings. The monoisotopic (exact) mass is 449 g/mol. The van der Waals surface area contributed by atoms with Crippen molar-refractivity contribution in [1.29, 1.82) is 0 Å². The van der Waals surface area contributed by atoms with Gasteiger partial charge in [-0.05, 0) is 79.5 Å². The molecule has 2 aliphatic rings. The molecule has 1 N–H and O–H groups in total. The van der Waals surface area contributed by atoms with Crippen LogP contribution in [-0.4, -0.2) is 57.8 Å². The van der Waals surface area contributed by atoms with E-state index in [0.717, 1.165) is 43.0 Å². The van der Waals surface area contributed by atoms with E-state index < -0.39 is 0 Å². The molecule has 1 aromatic carbocycles. The van der Waals surface area contributed by atoms with Crippen LogP contribution in [0, 0.1) is 11.8 Å². The molecule has 4 heterocycles. The van der Waals surface area contributed by atoms with Crippen molar-refractivity contribution in [2.45, 2.75) is 32.2 Å². The molecule has 2 aromatic heterocycles. The Morgan fingerprint density at radius 2 is 1.64 bits per heavy atom. The van der Waals surface area contributed by atoms with E-state index in [1.54, 1.807) is 0 Å². The lowest BCUT2D eigenvalue weighted by Crippen LogP contribution is -2.41. The molecule has 0 bridgehead atoms. The molecular weight excluding hydrogens is 418 g/mol. The molecule has 5 rings (SSSR count). The fourth-order valence-corrected chi connectivity index (χ4v) is 4.95. The zero-order valence-electron chi connectivity index (χ0n) is 18.8. The maximum absolute atomic E-state index is 8.36. The van der Waals surface area contributed by atoms with Crippen LogP contribution in [0.3, 0.4) is 0 Å². The summed E-state index contributed by atoms with van der Waals surface area (Å²) in [5.41, 5.74) is 2.29. The number of nitrogens with zero attached hydrogens (tertiary/aromatic N) is 5. The van der Waals surface area contributed by atoms with Gasteiger partial charge < -0.3 is 14.5 Å². The highest BCUT2D eigenvalue weighted by atomic mass is 16.5. The van der Waals surface area contributed by atoms with Gasteiger partial charge in [-0.2, -0.15) is 4.98 Å². The zero-order valence-corrected chi connectivity index (χ0v) is 18.8. The molecule has 2 aliphatic heterocycles. The Labute approximate surface area is 194 Å². The summed E-state index contributed by atoms with van der Waals surface area (Å²) in [4.78, 5) is 22.1. The van der Waals surface area contributed by atoms with Gasteiger partial charge in [0.15, 0.2) is 0 Å². The molecule has 33 heavy (non-hydrogen) atoms. The van der Waals surface area contributed by atoms with Gasteiger partial charge in [0.25, 0.3) is 18.3 Å². The van der Waals surface area contributed by atoms with Gasteiger partial charge in [0.1, 0.15) is 0 Å². The third-order valence-electron chi connectivity index (χ3n) is 6.69. The summed E-state index contributed by atoms with van der Waals surface area (Å²) in [6, 6.07) is 14.2. The minimum Gasteiger partial charge on any atom is -0.483 e. The molecular formula is C25H31N5O3. The van der Waals surface area contributed by atoms with Crippen molar-refractivity contribution in [3.63, 3.8) is 0 Å². The molecule has 2 saturated heterocycles. The van der Waals surface area contributed by atoms with Gasteiger partial charge >= 0.3 is 0 Å². The largest absolute Gasteiger partial charge is 0.483 e. The van der Waals surface area contributed by atoms with E-state index in [4.69, 9.17) is 14.4 Å². The first-order valence-corrected chi connectivity index (χ1v) is 11.6. The van der Waals surface area contributed by atoms with Crippen molar-refractivity contribution < 1.29 is 14.4 Å². The van der Waals surface area contributed by atoms with E-state index in [0.29, 0.717) is 5.89 Å². The molecule has 8 heteroatoms. The van der Waals surface area contributed by atoms with Gasteiger partial charge in [0, 0.05) is 37.6 Å². The van der Waals surface area contributed by atoms with Gasteiger partial charge in [-0.25, -0.2) is 0 Å². The van der Waals surface area contributed by atoms with Gasteiger partial charge in [0.2, 0.25) is 0 Å². The first-order chi connectivity index (χ1) is 16.3. The summed E-state index contributed by atoms with van der Waals surface area (Å²) < 4.78 is 5.49. The average molecular weight is 450 g/mol. The van der Waals surface area contributed by atoms with Gasteiger partial charge in [0.05, 0.1) is 0 Å². The molecule has 0 amide bonds. The number of benzene rings is 1. The Kier molecular flexibility index (Phi) is 8.03. The number of anilines is 1. The Morgan fingerprint density at radius 1 is 0.970 bits per heavy atom. The summed E-state index contributed by atoms with van der Waals surface area (Å²) >= 11 is 0. The van der Waals surface area contributed by atoms with Crippen LogP contribution < -0.4 is 4.90 Å². The van der Waals surface area contributed by atoms with Crippen LogP contribution in [0.25, 0.3) is 11.5 Å². The fraction of sp³-hybridized carbons (Fsp3) is 0.440. The van der Waals surface area contributed by atoms with Gasteiger partial charge in [-0.15, -0.1) is 0 Å². The maximum Gasteiger partial charge on any atom is 0.290 e. The number of pyridine rings is 1. The molecule has 174 valence electrons. The molecule has 2 fully saturated rings. The molecule has 0 atom stereocenters. The lowest BCUT2D eigenvalue weighted by Gasteiger charge is -2.39. The van der Waals surface area contributed by atoms with Crippen molar-refractivity contribution >= 4 is 12.4 Å². The fourth-order valence-electron chi connectivity index (χ4n) is 4.95. The standard InChI is InChI=1S/C24H29N5O.CH2O2/c1-2-6-22(7-3-1)23-26-24(27-30-23)29-15-10-21(11-16-29)20-8-13-28(14-9-20)18-19-5-4-12-25-17-19;2-1-3/h1-7,12,17,20-21H,8-11,13-16,18H2;1H,(H,2,3). The lowest BCUT2D eigenvalue weighted by atomic mass is 9.79. The molecule has 8 nitrogen and oxygen atoms in total. The normalized spacial score (nSPS) is 17.9. The third kappa shape index (κ3) is 6.16. The number of carboxylic acid groups (broad SMARTS) is 1. The summed E-state index contributed by atoms with van der Waals surface area (Å²) in [6.45, 7) is 5.22. The zero-order chi connectivity index (χ0) is 22.9. The quantitative estimate of drug-likeness (QED) is 0.585. The van der Waals surface area contributed by atoms with E-state index in [-0.39, 0.29) is 6.47 Å². The van der Waals surface area contributed by atoms with Crippen LogP contribution in [0.4, 0.5) is 5.95 Å². The summed E-state index contributed by atoms with van der Waals surface area (Å²) in [7, 11) is 0. The third-order valence-corrected chi connectivity index (χ3v) is 6.69. The first-order valence-electron chi connectivity index (χ1n) is 11.6. The molecule has 0 aliphatic carbocycles. The average Bonchev–Trinajstić information content (AvgIpc) is 3.37. The van der Waals surface area contributed by atoms with Crippen LogP contribution >= 0.6 is 0 Å². The highest BCUT2D eigenvalue weighted by Gasteiger charge is 2.30. The number of carbonyl (C=O) groups is 1. The molecule has 0 unspecified atom stereocenters. The summed E-state index contributed by atoms with van der Waals surface area (Å²) in [6.07, 6.45) is 8.91. The second-order valence-corrected chi connectivity index (χ2v) is 8.67. The van der Waals surface area contributed by atoms with Crippen molar-refractivity contribution in [1.82, 2.24) is 20.0 Å². The number of aromatic nitrogens is 3. The van der Waals surface area contributed by atoms with Crippen LogP contribution in [-0.2, 0) is 11.3 Å². The van der Waals surface area contributed by atoms with E-state index in [9.17, 15) is 0 Å². The topological polar surface area (TPSA) is 95.6 Å². The Bertz CT molecular complexity index is 966.